The highest BCUT2D eigenvalue weighted by Gasteiger charge is 2.42. The first-order valence-corrected chi connectivity index (χ1v) is 8.95. The smallest absolute Gasteiger partial charge is 0.160 e. The number of ether oxygens (including phenoxy) is 4. The molecule has 5 heteroatoms. The Morgan fingerprint density at radius 1 is 1.17 bits per heavy atom. The molecule has 1 aliphatic heterocycles. The van der Waals surface area contributed by atoms with Gasteiger partial charge in [0.05, 0.1) is 33.0 Å². The third kappa shape index (κ3) is 3.68. The Labute approximate surface area is 144 Å². The molecular formula is C19H29NO4. The van der Waals surface area contributed by atoms with E-state index in [2.05, 4.69) is 24.0 Å². The molecule has 0 spiro atoms. The maximum absolute atomic E-state index is 6.01. The van der Waals surface area contributed by atoms with Crippen LogP contribution in [-0.4, -0.2) is 63.7 Å². The first-order chi connectivity index (χ1) is 11.8. The number of hydrogen-bond acceptors (Lipinski definition) is 5. The van der Waals surface area contributed by atoms with Crippen LogP contribution in [-0.2, 0) is 15.9 Å². The third-order valence-corrected chi connectivity index (χ3v) is 5.17. The lowest BCUT2D eigenvalue weighted by Gasteiger charge is -2.39. The molecule has 1 aliphatic carbocycles. The Bertz CT molecular complexity index is 536. The summed E-state index contributed by atoms with van der Waals surface area (Å²) in [5.74, 6) is 1.58. The first-order valence-electron chi connectivity index (χ1n) is 8.95. The van der Waals surface area contributed by atoms with Crippen molar-refractivity contribution in [3.63, 3.8) is 0 Å². The summed E-state index contributed by atoms with van der Waals surface area (Å²) in [6.07, 6.45) is 3.79. The van der Waals surface area contributed by atoms with Gasteiger partial charge in [0.2, 0.25) is 0 Å². The van der Waals surface area contributed by atoms with Crippen molar-refractivity contribution in [3.8, 4) is 11.5 Å². The van der Waals surface area contributed by atoms with Gasteiger partial charge in [-0.2, -0.15) is 0 Å². The number of fused-ring (bicyclic) bond motifs is 1. The van der Waals surface area contributed by atoms with Crippen LogP contribution in [0.5, 0.6) is 11.5 Å². The summed E-state index contributed by atoms with van der Waals surface area (Å²) in [4.78, 5) is 2.57. The van der Waals surface area contributed by atoms with Crippen molar-refractivity contribution in [2.75, 3.05) is 40.5 Å². The topological polar surface area (TPSA) is 40.2 Å². The van der Waals surface area contributed by atoms with Crippen LogP contribution in [0.15, 0.2) is 18.2 Å². The van der Waals surface area contributed by atoms with E-state index in [1.54, 1.807) is 14.2 Å². The molecule has 0 bridgehead atoms. The molecule has 1 saturated heterocycles. The minimum absolute atomic E-state index is 0.240. The fraction of sp³-hybridized carbons (Fsp3) is 0.684. The van der Waals surface area contributed by atoms with E-state index in [1.165, 1.54) is 12.0 Å². The second-order valence-electron chi connectivity index (χ2n) is 6.45. The van der Waals surface area contributed by atoms with Crippen molar-refractivity contribution >= 4 is 0 Å². The summed E-state index contributed by atoms with van der Waals surface area (Å²) >= 11 is 0. The summed E-state index contributed by atoms with van der Waals surface area (Å²) in [5.41, 5.74) is 1.27. The molecule has 1 heterocycles. The summed E-state index contributed by atoms with van der Waals surface area (Å²) < 4.78 is 22.6. The van der Waals surface area contributed by atoms with Crippen molar-refractivity contribution in [3.05, 3.63) is 23.8 Å². The van der Waals surface area contributed by atoms with Gasteiger partial charge in [-0.3, -0.25) is 4.90 Å². The number of benzene rings is 1. The fourth-order valence-electron chi connectivity index (χ4n) is 3.97. The molecular weight excluding hydrogens is 306 g/mol. The van der Waals surface area contributed by atoms with Gasteiger partial charge in [-0.15, -0.1) is 0 Å². The lowest BCUT2D eigenvalue weighted by Crippen LogP contribution is -2.52. The van der Waals surface area contributed by atoms with E-state index in [0.29, 0.717) is 6.04 Å². The molecule has 1 aromatic carbocycles. The highest BCUT2D eigenvalue weighted by Crippen LogP contribution is 2.32. The standard InChI is InChI=1S/C19H29NO4/c1-4-23-17-8-6-15-19(17)24-12-11-20(15)10-9-14-5-7-16(21-2)18(13-14)22-3/h5,7,13,15,17,19H,4,6,8-12H2,1-3H3/t15-,17-,19+/m0/s1. The number of morpholine rings is 1. The molecule has 134 valence electrons. The molecule has 24 heavy (non-hydrogen) atoms. The molecule has 1 aromatic rings. The highest BCUT2D eigenvalue weighted by molar-refractivity contribution is 5.42. The monoisotopic (exact) mass is 335 g/mol. The van der Waals surface area contributed by atoms with Crippen LogP contribution in [0.4, 0.5) is 0 Å². The van der Waals surface area contributed by atoms with Crippen molar-refractivity contribution in [2.45, 2.75) is 44.4 Å². The molecule has 1 saturated carbocycles. The second kappa shape index (κ2) is 8.19. The van der Waals surface area contributed by atoms with Crippen LogP contribution in [0.2, 0.25) is 0 Å². The Morgan fingerprint density at radius 3 is 2.75 bits per heavy atom. The molecule has 0 radical (unpaired) electrons. The number of methoxy groups -OCH3 is 2. The van der Waals surface area contributed by atoms with E-state index in [0.717, 1.165) is 50.6 Å². The highest BCUT2D eigenvalue weighted by atomic mass is 16.5. The largest absolute Gasteiger partial charge is 0.493 e. The van der Waals surface area contributed by atoms with Crippen LogP contribution >= 0.6 is 0 Å². The van der Waals surface area contributed by atoms with Gasteiger partial charge in [-0.1, -0.05) is 6.07 Å². The Hall–Kier alpha value is -1.30. The lowest BCUT2D eigenvalue weighted by molar-refractivity contribution is -0.111. The van der Waals surface area contributed by atoms with Gasteiger partial charge in [-0.05, 0) is 43.9 Å². The molecule has 3 rings (SSSR count). The Kier molecular flexibility index (Phi) is 5.98. The molecule has 3 atom stereocenters. The van der Waals surface area contributed by atoms with E-state index < -0.39 is 0 Å². The fourth-order valence-corrected chi connectivity index (χ4v) is 3.97. The second-order valence-corrected chi connectivity index (χ2v) is 6.45. The molecule has 2 aliphatic rings. The normalized spacial score (nSPS) is 27.0. The summed E-state index contributed by atoms with van der Waals surface area (Å²) in [6.45, 7) is 5.68. The molecule has 0 aromatic heterocycles. The predicted molar refractivity (Wildman–Crippen MR) is 93.0 cm³/mol. The molecule has 0 N–H and O–H groups in total. The van der Waals surface area contributed by atoms with Crippen LogP contribution in [0.25, 0.3) is 0 Å². The predicted octanol–water partition coefficient (Wildman–Crippen LogP) is 2.51. The van der Waals surface area contributed by atoms with E-state index in [-0.39, 0.29) is 12.2 Å². The van der Waals surface area contributed by atoms with Gasteiger partial charge in [0, 0.05) is 25.7 Å². The van der Waals surface area contributed by atoms with Crippen LogP contribution in [0.3, 0.4) is 0 Å². The van der Waals surface area contributed by atoms with Crippen LogP contribution in [0.1, 0.15) is 25.3 Å². The zero-order valence-corrected chi connectivity index (χ0v) is 15.0. The summed E-state index contributed by atoms with van der Waals surface area (Å²) in [6, 6.07) is 6.68. The Morgan fingerprint density at radius 2 is 2.00 bits per heavy atom. The van der Waals surface area contributed by atoms with Crippen molar-refractivity contribution in [2.24, 2.45) is 0 Å². The van der Waals surface area contributed by atoms with Gasteiger partial charge in [0.25, 0.3) is 0 Å². The lowest BCUT2D eigenvalue weighted by atomic mass is 10.1. The third-order valence-electron chi connectivity index (χ3n) is 5.17. The zero-order chi connectivity index (χ0) is 16.9. The van der Waals surface area contributed by atoms with Gasteiger partial charge in [0.15, 0.2) is 11.5 Å². The van der Waals surface area contributed by atoms with E-state index in [1.807, 2.05) is 6.07 Å². The minimum atomic E-state index is 0.240. The number of nitrogens with zero attached hydrogens (tertiary/aromatic N) is 1. The van der Waals surface area contributed by atoms with Gasteiger partial charge >= 0.3 is 0 Å². The average molecular weight is 335 g/mol. The average Bonchev–Trinajstić information content (AvgIpc) is 3.03. The molecule has 2 fully saturated rings. The van der Waals surface area contributed by atoms with E-state index in [4.69, 9.17) is 18.9 Å². The van der Waals surface area contributed by atoms with Gasteiger partial charge in [0.1, 0.15) is 0 Å². The summed E-state index contributed by atoms with van der Waals surface area (Å²) in [5, 5.41) is 0. The van der Waals surface area contributed by atoms with Crippen molar-refractivity contribution in [1.82, 2.24) is 4.90 Å². The van der Waals surface area contributed by atoms with Gasteiger partial charge in [-0.25, -0.2) is 0 Å². The maximum Gasteiger partial charge on any atom is 0.160 e. The maximum atomic E-state index is 6.01. The molecule has 5 nitrogen and oxygen atoms in total. The van der Waals surface area contributed by atoms with Crippen LogP contribution in [0, 0.1) is 0 Å². The van der Waals surface area contributed by atoms with Crippen molar-refractivity contribution < 1.29 is 18.9 Å². The zero-order valence-electron chi connectivity index (χ0n) is 15.0. The molecule has 0 unspecified atom stereocenters. The molecule has 0 amide bonds. The van der Waals surface area contributed by atoms with Gasteiger partial charge < -0.3 is 18.9 Å². The van der Waals surface area contributed by atoms with E-state index in [9.17, 15) is 0 Å². The number of hydrogen-bond donors (Lipinski definition) is 0. The van der Waals surface area contributed by atoms with Crippen LogP contribution < -0.4 is 9.47 Å². The van der Waals surface area contributed by atoms with Crippen molar-refractivity contribution in [1.29, 1.82) is 0 Å². The quantitative estimate of drug-likeness (QED) is 0.766. The number of rotatable bonds is 7. The minimum Gasteiger partial charge on any atom is -0.493 e. The van der Waals surface area contributed by atoms with E-state index >= 15 is 0 Å². The first kappa shape index (κ1) is 17.5. The summed E-state index contributed by atoms with van der Waals surface area (Å²) in [7, 11) is 3.35. The Balaban J connectivity index is 1.60. The SMILES string of the molecule is CCO[C@H]1CC[C@H]2[C@H]1OCCN2CCc1ccc(OC)c(OC)c1.